The van der Waals surface area contributed by atoms with Crippen LogP contribution < -0.4 is 5.32 Å². The van der Waals surface area contributed by atoms with Crippen molar-refractivity contribution >= 4 is 11.7 Å². The normalized spacial score (nSPS) is 10.9. The predicted molar refractivity (Wildman–Crippen MR) is 97.6 cm³/mol. The first kappa shape index (κ1) is 19.2. The minimum Gasteiger partial charge on any atom is -0.326 e. The van der Waals surface area contributed by atoms with Crippen LogP contribution in [0.25, 0.3) is 0 Å². The number of aryl methyl sites for hydroxylation is 1. The largest absolute Gasteiger partial charge is 0.406 e. The van der Waals surface area contributed by atoms with Gasteiger partial charge in [-0.25, -0.2) is 4.98 Å². The number of alkyl halides is 3. The van der Waals surface area contributed by atoms with Crippen LogP contribution in [0.15, 0.2) is 55.2 Å². The smallest absolute Gasteiger partial charge is 0.326 e. The number of benzene rings is 1. The van der Waals surface area contributed by atoms with Crippen molar-refractivity contribution in [2.45, 2.75) is 19.6 Å². The molecule has 0 aliphatic heterocycles. The van der Waals surface area contributed by atoms with Gasteiger partial charge in [-0.2, -0.15) is 13.2 Å². The fourth-order valence-corrected chi connectivity index (χ4v) is 2.38. The summed E-state index contributed by atoms with van der Waals surface area (Å²) in [4.78, 5) is 20.2. The van der Waals surface area contributed by atoms with Crippen LogP contribution in [0.3, 0.4) is 0 Å². The molecule has 8 heteroatoms. The Kier molecular flexibility index (Phi) is 5.45. The van der Waals surface area contributed by atoms with Crippen LogP contribution in [0.4, 0.5) is 19.0 Å². The number of hydrogen-bond donors (Lipinski definition) is 1. The number of amides is 1. The lowest BCUT2D eigenvalue weighted by Gasteiger charge is -2.06. The van der Waals surface area contributed by atoms with E-state index in [1.165, 1.54) is 0 Å². The molecule has 0 unspecified atom stereocenters. The molecule has 1 N–H and O–H groups in total. The van der Waals surface area contributed by atoms with Crippen LogP contribution in [-0.2, 0) is 6.54 Å². The van der Waals surface area contributed by atoms with Crippen LogP contribution in [0.5, 0.6) is 0 Å². The second-order valence-corrected chi connectivity index (χ2v) is 6.02. The van der Waals surface area contributed by atoms with Crippen molar-refractivity contribution in [1.29, 1.82) is 0 Å². The number of hydrogen-bond acceptors (Lipinski definition) is 3. The quantitative estimate of drug-likeness (QED) is 0.699. The highest BCUT2D eigenvalue weighted by atomic mass is 19.4. The third kappa shape index (κ3) is 5.20. The fourth-order valence-electron chi connectivity index (χ4n) is 2.38. The SMILES string of the molecule is Cc1ccc(C(=O)Nc2cn(CC(F)(F)F)cn2)cc1C#Cc1cccnc1. The van der Waals surface area contributed by atoms with Gasteiger partial charge in [-0.15, -0.1) is 0 Å². The Bertz CT molecular complexity index is 1050. The minimum atomic E-state index is -4.36. The molecule has 28 heavy (non-hydrogen) atoms. The van der Waals surface area contributed by atoms with Crippen molar-refractivity contribution in [2.75, 3.05) is 5.32 Å². The van der Waals surface area contributed by atoms with Gasteiger partial charge in [0.05, 0.1) is 6.33 Å². The highest BCUT2D eigenvalue weighted by Crippen LogP contribution is 2.18. The summed E-state index contributed by atoms with van der Waals surface area (Å²) in [5, 5.41) is 2.49. The summed E-state index contributed by atoms with van der Waals surface area (Å²) < 4.78 is 38.1. The topological polar surface area (TPSA) is 59.8 Å². The number of imidazole rings is 1. The molecule has 1 amide bonds. The number of nitrogens with one attached hydrogen (secondary N) is 1. The molecule has 5 nitrogen and oxygen atoms in total. The van der Waals surface area contributed by atoms with Crippen LogP contribution in [-0.4, -0.2) is 26.6 Å². The average Bonchev–Trinajstić information content (AvgIpc) is 3.06. The molecule has 0 bridgehead atoms. The van der Waals surface area contributed by atoms with Crippen LogP contribution >= 0.6 is 0 Å². The molecule has 0 aliphatic carbocycles. The summed E-state index contributed by atoms with van der Waals surface area (Å²) in [6.07, 6.45) is 1.07. The molecule has 0 aliphatic rings. The molecule has 3 rings (SSSR count). The van der Waals surface area contributed by atoms with Gasteiger partial charge in [0, 0.05) is 35.3 Å². The first-order valence-corrected chi connectivity index (χ1v) is 8.23. The number of nitrogens with zero attached hydrogens (tertiary/aromatic N) is 3. The number of aromatic nitrogens is 3. The Hall–Kier alpha value is -3.60. The summed E-state index contributed by atoms with van der Waals surface area (Å²) in [5.74, 6) is 5.53. The number of halogens is 3. The van der Waals surface area contributed by atoms with Crippen LogP contribution in [0, 0.1) is 18.8 Å². The fraction of sp³-hybridized carbons (Fsp3) is 0.150. The molecule has 0 atom stereocenters. The summed E-state index contributed by atoms with van der Waals surface area (Å²) in [7, 11) is 0. The monoisotopic (exact) mass is 384 g/mol. The number of carbonyl (C=O) groups is 1. The number of carbonyl (C=O) groups excluding carboxylic acids is 1. The maximum atomic E-state index is 12.4. The van der Waals surface area contributed by atoms with Crippen molar-refractivity contribution < 1.29 is 18.0 Å². The number of anilines is 1. The summed E-state index contributed by atoms with van der Waals surface area (Å²) in [6.45, 7) is 0.697. The molecule has 1 aromatic carbocycles. The Labute approximate surface area is 159 Å². The lowest BCUT2D eigenvalue weighted by molar-refractivity contribution is -0.140. The molecular formula is C20H15F3N4O. The third-order valence-electron chi connectivity index (χ3n) is 3.74. The maximum absolute atomic E-state index is 12.4. The van der Waals surface area contributed by atoms with E-state index in [4.69, 9.17) is 0 Å². The van der Waals surface area contributed by atoms with E-state index in [1.807, 2.05) is 13.0 Å². The van der Waals surface area contributed by atoms with E-state index in [0.717, 1.165) is 28.2 Å². The van der Waals surface area contributed by atoms with E-state index in [2.05, 4.69) is 27.1 Å². The van der Waals surface area contributed by atoms with Gasteiger partial charge in [-0.05, 0) is 36.8 Å². The van der Waals surface area contributed by atoms with Gasteiger partial charge in [0.15, 0.2) is 5.82 Å². The first-order chi connectivity index (χ1) is 13.3. The van der Waals surface area contributed by atoms with Crippen molar-refractivity contribution in [3.8, 4) is 11.8 Å². The summed E-state index contributed by atoms with van der Waals surface area (Å²) in [6, 6.07) is 8.60. The van der Waals surface area contributed by atoms with E-state index in [1.54, 1.807) is 36.7 Å². The molecule has 3 aromatic rings. The molecule has 0 spiro atoms. The van der Waals surface area contributed by atoms with Crippen molar-refractivity contribution in [2.24, 2.45) is 0 Å². The van der Waals surface area contributed by atoms with Crippen LogP contribution in [0.1, 0.15) is 27.0 Å². The molecule has 0 fully saturated rings. The molecule has 142 valence electrons. The Morgan fingerprint density at radius 1 is 1.25 bits per heavy atom. The average molecular weight is 384 g/mol. The Morgan fingerprint density at radius 2 is 2.07 bits per heavy atom. The van der Waals surface area contributed by atoms with E-state index < -0.39 is 18.6 Å². The number of pyridine rings is 1. The molecular weight excluding hydrogens is 369 g/mol. The highest BCUT2D eigenvalue weighted by Gasteiger charge is 2.27. The van der Waals surface area contributed by atoms with E-state index in [0.29, 0.717) is 11.1 Å². The molecule has 0 saturated heterocycles. The molecule has 0 saturated carbocycles. The zero-order chi connectivity index (χ0) is 20.1. The van der Waals surface area contributed by atoms with Gasteiger partial charge in [-0.3, -0.25) is 9.78 Å². The van der Waals surface area contributed by atoms with Crippen LogP contribution in [0.2, 0.25) is 0 Å². The van der Waals surface area contributed by atoms with Crippen molar-refractivity contribution in [3.05, 3.63) is 77.5 Å². The van der Waals surface area contributed by atoms with Gasteiger partial charge in [0.2, 0.25) is 0 Å². The van der Waals surface area contributed by atoms with E-state index in [9.17, 15) is 18.0 Å². The lowest BCUT2D eigenvalue weighted by Crippen LogP contribution is -2.16. The molecule has 2 heterocycles. The summed E-state index contributed by atoms with van der Waals surface area (Å²) >= 11 is 0. The van der Waals surface area contributed by atoms with Gasteiger partial charge < -0.3 is 9.88 Å². The highest BCUT2D eigenvalue weighted by molar-refractivity contribution is 6.04. The lowest BCUT2D eigenvalue weighted by atomic mass is 10.0. The van der Waals surface area contributed by atoms with E-state index >= 15 is 0 Å². The standard InChI is InChI=1S/C20H15F3N4O/c1-14-4-6-17(9-16(14)7-5-15-3-2-8-24-10-15)19(28)26-18-11-27(13-25-18)12-20(21,22)23/h2-4,6,8-11,13H,12H2,1H3,(H,26,28). The minimum absolute atomic E-state index is 0.0396. The Morgan fingerprint density at radius 3 is 2.79 bits per heavy atom. The Balaban J connectivity index is 1.75. The summed E-state index contributed by atoms with van der Waals surface area (Å²) in [5.41, 5.74) is 2.62. The van der Waals surface area contributed by atoms with Gasteiger partial charge in [0.25, 0.3) is 5.91 Å². The molecule has 2 aromatic heterocycles. The van der Waals surface area contributed by atoms with Crippen molar-refractivity contribution in [1.82, 2.24) is 14.5 Å². The third-order valence-corrected chi connectivity index (χ3v) is 3.74. The zero-order valence-electron chi connectivity index (χ0n) is 14.8. The second kappa shape index (κ2) is 7.96. The number of rotatable bonds is 3. The first-order valence-electron chi connectivity index (χ1n) is 8.23. The second-order valence-electron chi connectivity index (χ2n) is 6.02. The van der Waals surface area contributed by atoms with Gasteiger partial charge in [-0.1, -0.05) is 17.9 Å². The zero-order valence-corrected chi connectivity index (χ0v) is 14.8. The predicted octanol–water partition coefficient (Wildman–Crippen LogP) is 3.80. The maximum Gasteiger partial charge on any atom is 0.406 e. The molecule has 0 radical (unpaired) electrons. The van der Waals surface area contributed by atoms with E-state index in [-0.39, 0.29) is 5.82 Å². The van der Waals surface area contributed by atoms with Gasteiger partial charge >= 0.3 is 6.18 Å². The van der Waals surface area contributed by atoms with Gasteiger partial charge in [0.1, 0.15) is 6.54 Å². The van der Waals surface area contributed by atoms with Crippen molar-refractivity contribution in [3.63, 3.8) is 0 Å².